The van der Waals surface area contributed by atoms with E-state index in [1.165, 1.54) is 0 Å². The van der Waals surface area contributed by atoms with Crippen molar-refractivity contribution < 1.29 is 27.9 Å². The van der Waals surface area contributed by atoms with E-state index in [1.54, 1.807) is 4.98 Å². The summed E-state index contributed by atoms with van der Waals surface area (Å²) in [5.41, 5.74) is -1.78. The normalized spacial score (nSPS) is 11.3. The van der Waals surface area contributed by atoms with E-state index in [1.807, 2.05) is 0 Å². The second-order valence-electron chi connectivity index (χ2n) is 2.79. The number of pyridine rings is 1. The van der Waals surface area contributed by atoms with E-state index in [4.69, 9.17) is 5.11 Å². The van der Waals surface area contributed by atoms with Crippen molar-refractivity contribution in [2.75, 3.05) is 0 Å². The average Bonchev–Trinajstić information content (AvgIpc) is 2.13. The standard InChI is InChI=1S/C7H5F3N2O5/c8-7(9,10)17-5-1-4(14)3(2-13)6(11-5)12(15)16/h1,13H,2H2,(H,11,14). The number of nitrogens with one attached hydrogen (secondary N) is 1. The van der Waals surface area contributed by atoms with Crippen LogP contribution >= 0.6 is 0 Å². The highest BCUT2D eigenvalue weighted by molar-refractivity contribution is 5.35. The highest BCUT2D eigenvalue weighted by Crippen LogP contribution is 2.22. The Morgan fingerprint density at radius 1 is 1.53 bits per heavy atom. The van der Waals surface area contributed by atoms with Crippen molar-refractivity contribution in [1.29, 1.82) is 0 Å². The molecule has 17 heavy (non-hydrogen) atoms. The maximum absolute atomic E-state index is 11.8. The molecule has 0 aliphatic heterocycles. The van der Waals surface area contributed by atoms with Gasteiger partial charge in [-0.1, -0.05) is 0 Å². The molecule has 0 atom stereocenters. The number of nitrogens with zero attached hydrogens (tertiary/aromatic N) is 1. The fourth-order valence-corrected chi connectivity index (χ4v) is 1.04. The lowest BCUT2D eigenvalue weighted by Crippen LogP contribution is -2.21. The number of ether oxygens (including phenoxy) is 1. The third-order valence-corrected chi connectivity index (χ3v) is 1.65. The molecule has 0 aliphatic carbocycles. The zero-order chi connectivity index (χ0) is 13.2. The molecule has 0 bridgehead atoms. The Morgan fingerprint density at radius 3 is 2.53 bits per heavy atom. The van der Waals surface area contributed by atoms with Gasteiger partial charge >= 0.3 is 12.2 Å². The summed E-state index contributed by atoms with van der Waals surface area (Å²) in [4.78, 5) is 22.1. The molecule has 1 heterocycles. The minimum atomic E-state index is -5.09. The third kappa shape index (κ3) is 3.17. The summed E-state index contributed by atoms with van der Waals surface area (Å²) in [7, 11) is 0. The van der Waals surface area contributed by atoms with Crippen molar-refractivity contribution in [3.05, 3.63) is 32.0 Å². The number of H-pyrrole nitrogens is 1. The molecule has 0 saturated carbocycles. The number of hydrogen-bond donors (Lipinski definition) is 2. The largest absolute Gasteiger partial charge is 0.575 e. The van der Waals surface area contributed by atoms with Crippen LogP contribution in [0.3, 0.4) is 0 Å². The first-order chi connectivity index (χ1) is 7.74. The minimum Gasteiger partial charge on any atom is -0.391 e. The SMILES string of the molecule is O=c1cc(OC(F)(F)F)[nH]c([N+](=O)[O-])c1CO. The summed E-state index contributed by atoms with van der Waals surface area (Å²) in [5.74, 6) is -2.16. The van der Waals surface area contributed by atoms with Crippen LogP contribution < -0.4 is 10.2 Å². The van der Waals surface area contributed by atoms with Crippen molar-refractivity contribution in [2.45, 2.75) is 13.0 Å². The molecule has 0 spiro atoms. The lowest BCUT2D eigenvalue weighted by Gasteiger charge is -2.07. The molecule has 2 N–H and O–H groups in total. The number of aromatic nitrogens is 1. The molecule has 7 nitrogen and oxygen atoms in total. The van der Waals surface area contributed by atoms with Gasteiger partial charge in [0, 0.05) is 0 Å². The number of halogens is 3. The lowest BCUT2D eigenvalue weighted by atomic mass is 10.2. The van der Waals surface area contributed by atoms with E-state index < -0.39 is 40.6 Å². The van der Waals surface area contributed by atoms with Gasteiger partial charge in [0.25, 0.3) is 5.88 Å². The van der Waals surface area contributed by atoms with E-state index >= 15 is 0 Å². The highest BCUT2D eigenvalue weighted by atomic mass is 19.4. The first-order valence-corrected chi connectivity index (χ1v) is 4.02. The Bertz CT molecular complexity index is 495. The van der Waals surface area contributed by atoms with Gasteiger partial charge in [-0.3, -0.25) is 4.79 Å². The molecular weight excluding hydrogens is 249 g/mol. The molecule has 0 unspecified atom stereocenters. The van der Waals surface area contributed by atoms with Crippen LogP contribution in [-0.4, -0.2) is 21.4 Å². The van der Waals surface area contributed by atoms with Crippen molar-refractivity contribution in [3.8, 4) is 5.88 Å². The number of rotatable bonds is 3. The number of hydrogen-bond acceptors (Lipinski definition) is 5. The predicted octanol–water partition coefficient (Wildman–Crippen LogP) is 0.674. The molecule has 0 aliphatic rings. The Labute approximate surface area is 90.6 Å². The average molecular weight is 254 g/mol. The van der Waals surface area contributed by atoms with Gasteiger partial charge in [-0.15, -0.1) is 13.2 Å². The van der Waals surface area contributed by atoms with Gasteiger partial charge in [-0.25, -0.2) is 4.98 Å². The number of aliphatic hydroxyl groups is 1. The molecule has 0 amide bonds. The van der Waals surface area contributed by atoms with Crippen LogP contribution in [0, 0.1) is 10.1 Å². The summed E-state index contributed by atoms with van der Waals surface area (Å²) in [6.45, 7) is -0.974. The van der Waals surface area contributed by atoms with E-state index in [-0.39, 0.29) is 0 Å². The maximum atomic E-state index is 11.8. The Kier molecular flexibility index (Phi) is 3.36. The zero-order valence-corrected chi connectivity index (χ0v) is 7.95. The monoisotopic (exact) mass is 254 g/mol. The fourth-order valence-electron chi connectivity index (χ4n) is 1.04. The van der Waals surface area contributed by atoms with Crippen molar-refractivity contribution >= 4 is 5.82 Å². The molecule has 1 aromatic heterocycles. The van der Waals surface area contributed by atoms with Gasteiger partial charge in [0.05, 0.1) is 12.7 Å². The number of nitro groups is 1. The van der Waals surface area contributed by atoms with Gasteiger partial charge in [-0.05, 0) is 4.92 Å². The second kappa shape index (κ2) is 4.41. The molecule has 0 saturated heterocycles. The lowest BCUT2D eigenvalue weighted by molar-refractivity contribution is -0.391. The summed E-state index contributed by atoms with van der Waals surface area (Å²) in [6.07, 6.45) is -5.09. The van der Waals surface area contributed by atoms with Crippen molar-refractivity contribution in [2.24, 2.45) is 0 Å². The molecular formula is C7H5F3N2O5. The van der Waals surface area contributed by atoms with Gasteiger partial charge in [0.1, 0.15) is 5.56 Å². The minimum absolute atomic E-state index is 0.367. The topological polar surface area (TPSA) is 105 Å². The molecule has 94 valence electrons. The molecule has 1 aromatic rings. The van der Waals surface area contributed by atoms with E-state index in [9.17, 15) is 28.1 Å². The van der Waals surface area contributed by atoms with Gasteiger partial charge < -0.3 is 20.0 Å². The maximum Gasteiger partial charge on any atom is 0.575 e. The van der Waals surface area contributed by atoms with E-state index in [2.05, 4.69) is 4.74 Å². The molecule has 0 radical (unpaired) electrons. The number of aromatic amines is 1. The highest BCUT2D eigenvalue weighted by Gasteiger charge is 2.34. The van der Waals surface area contributed by atoms with Crippen LogP contribution in [0.4, 0.5) is 19.0 Å². The first-order valence-electron chi connectivity index (χ1n) is 4.02. The summed E-state index contributed by atoms with van der Waals surface area (Å²) in [6, 6.07) is 0.367. The Morgan fingerprint density at radius 2 is 2.12 bits per heavy atom. The summed E-state index contributed by atoms with van der Waals surface area (Å²) in [5, 5.41) is 19.1. The van der Waals surface area contributed by atoms with Gasteiger partial charge in [0.2, 0.25) is 0 Å². The van der Waals surface area contributed by atoms with Crippen molar-refractivity contribution in [1.82, 2.24) is 4.98 Å². The van der Waals surface area contributed by atoms with Crippen LogP contribution in [0.25, 0.3) is 0 Å². The first kappa shape index (κ1) is 13.0. The summed E-state index contributed by atoms with van der Waals surface area (Å²) >= 11 is 0. The van der Waals surface area contributed by atoms with E-state index in [0.717, 1.165) is 0 Å². The van der Waals surface area contributed by atoms with Gasteiger partial charge in [-0.2, -0.15) is 0 Å². The predicted molar refractivity (Wildman–Crippen MR) is 46.3 cm³/mol. The van der Waals surface area contributed by atoms with E-state index in [0.29, 0.717) is 6.07 Å². The third-order valence-electron chi connectivity index (χ3n) is 1.65. The van der Waals surface area contributed by atoms with Crippen LogP contribution in [-0.2, 0) is 6.61 Å². The molecule has 0 aromatic carbocycles. The number of aliphatic hydroxyl groups excluding tert-OH is 1. The summed E-state index contributed by atoms with van der Waals surface area (Å²) < 4.78 is 38.8. The van der Waals surface area contributed by atoms with Crippen LogP contribution in [0.5, 0.6) is 5.88 Å². The quantitative estimate of drug-likeness (QED) is 0.609. The fraction of sp³-hybridized carbons (Fsp3) is 0.286. The van der Waals surface area contributed by atoms with Crippen LogP contribution in [0.15, 0.2) is 10.9 Å². The van der Waals surface area contributed by atoms with Gasteiger partial charge in [0.15, 0.2) is 5.43 Å². The molecule has 10 heteroatoms. The Balaban J connectivity index is 3.30. The van der Waals surface area contributed by atoms with Crippen LogP contribution in [0.1, 0.15) is 5.56 Å². The second-order valence-corrected chi connectivity index (χ2v) is 2.79. The Hall–Kier alpha value is -2.10. The number of alkyl halides is 3. The van der Waals surface area contributed by atoms with Crippen molar-refractivity contribution in [3.63, 3.8) is 0 Å². The van der Waals surface area contributed by atoms with Crippen LogP contribution in [0.2, 0.25) is 0 Å². The zero-order valence-electron chi connectivity index (χ0n) is 7.95. The smallest absolute Gasteiger partial charge is 0.391 e. The molecule has 0 fully saturated rings. The molecule has 1 rings (SSSR count).